The third-order valence-electron chi connectivity index (χ3n) is 5.42. The summed E-state index contributed by atoms with van der Waals surface area (Å²) in [5, 5.41) is 3.34. The molecule has 1 amide bonds. The highest BCUT2D eigenvalue weighted by molar-refractivity contribution is 5.78. The number of nitrogens with one attached hydrogen (secondary N) is 1. The fourth-order valence-corrected chi connectivity index (χ4v) is 4.15. The minimum Gasteiger partial charge on any atom is -0.338 e. The third-order valence-corrected chi connectivity index (χ3v) is 5.42. The van der Waals surface area contributed by atoms with E-state index in [9.17, 15) is 4.79 Å². The maximum atomic E-state index is 12.6. The summed E-state index contributed by atoms with van der Waals surface area (Å²) in [5.74, 6) is 1.06. The molecule has 120 valence electrons. The molecule has 1 N–H and O–H groups in total. The molecule has 1 heterocycles. The molecule has 2 unspecified atom stereocenters. The van der Waals surface area contributed by atoms with Crippen LogP contribution in [0.5, 0.6) is 0 Å². The second kappa shape index (κ2) is 7.28. The Labute approximate surface area is 134 Å². The molecule has 1 aromatic rings. The van der Waals surface area contributed by atoms with Crippen molar-refractivity contribution in [2.45, 2.75) is 58.0 Å². The normalized spacial score (nSPS) is 24.9. The summed E-state index contributed by atoms with van der Waals surface area (Å²) in [6, 6.07) is 8.89. The summed E-state index contributed by atoms with van der Waals surface area (Å²) in [7, 11) is 0. The van der Waals surface area contributed by atoms with E-state index in [0.29, 0.717) is 18.5 Å². The first kappa shape index (κ1) is 15.5. The largest absolute Gasteiger partial charge is 0.338 e. The molecule has 0 spiro atoms. The van der Waals surface area contributed by atoms with Crippen LogP contribution in [0.25, 0.3) is 0 Å². The van der Waals surface area contributed by atoms with Crippen LogP contribution >= 0.6 is 0 Å². The molecule has 1 saturated carbocycles. The zero-order chi connectivity index (χ0) is 15.4. The maximum Gasteiger partial charge on any atom is 0.236 e. The van der Waals surface area contributed by atoms with E-state index in [0.717, 1.165) is 19.0 Å². The van der Waals surface area contributed by atoms with Gasteiger partial charge in [-0.3, -0.25) is 4.79 Å². The van der Waals surface area contributed by atoms with Gasteiger partial charge >= 0.3 is 0 Å². The molecule has 0 bridgehead atoms. The van der Waals surface area contributed by atoms with Gasteiger partial charge in [0, 0.05) is 19.1 Å². The second-order valence-corrected chi connectivity index (χ2v) is 6.87. The van der Waals surface area contributed by atoms with Gasteiger partial charge < -0.3 is 10.2 Å². The lowest BCUT2D eigenvalue weighted by molar-refractivity contribution is -0.136. The van der Waals surface area contributed by atoms with Crippen LogP contribution in [0.2, 0.25) is 0 Å². The summed E-state index contributed by atoms with van der Waals surface area (Å²) < 4.78 is 0. The number of fused-ring (bicyclic) bond motifs is 1. The fraction of sp³-hybridized carbons (Fsp3) is 0.632. The van der Waals surface area contributed by atoms with Gasteiger partial charge in [-0.05, 0) is 49.7 Å². The minimum absolute atomic E-state index is 0.296. The topological polar surface area (TPSA) is 32.3 Å². The van der Waals surface area contributed by atoms with Crippen molar-refractivity contribution in [3.63, 3.8) is 0 Å². The van der Waals surface area contributed by atoms with E-state index in [2.05, 4.69) is 41.4 Å². The SMILES string of the molecule is Cc1ccccc1CNCC(=O)N1CCCC2CCCCC21. The Hall–Kier alpha value is -1.35. The Bertz CT molecular complexity index is 512. The zero-order valence-electron chi connectivity index (χ0n) is 13.7. The minimum atomic E-state index is 0.296. The Morgan fingerprint density at radius 1 is 1.18 bits per heavy atom. The first-order valence-electron chi connectivity index (χ1n) is 8.80. The summed E-state index contributed by atoms with van der Waals surface area (Å²) in [6.07, 6.45) is 7.70. The highest BCUT2D eigenvalue weighted by Gasteiger charge is 2.35. The number of carbonyl (C=O) groups is 1. The number of amides is 1. The van der Waals surface area contributed by atoms with Crippen LogP contribution < -0.4 is 5.32 Å². The van der Waals surface area contributed by atoms with Crippen molar-refractivity contribution in [3.05, 3.63) is 35.4 Å². The Morgan fingerprint density at radius 3 is 2.82 bits per heavy atom. The van der Waals surface area contributed by atoms with E-state index in [-0.39, 0.29) is 0 Å². The van der Waals surface area contributed by atoms with Gasteiger partial charge in [-0.25, -0.2) is 0 Å². The van der Waals surface area contributed by atoms with E-state index in [4.69, 9.17) is 0 Å². The fourth-order valence-electron chi connectivity index (χ4n) is 4.15. The predicted molar refractivity (Wildman–Crippen MR) is 89.6 cm³/mol. The molecule has 3 rings (SSSR count). The van der Waals surface area contributed by atoms with Crippen molar-refractivity contribution in [1.29, 1.82) is 0 Å². The van der Waals surface area contributed by atoms with E-state index >= 15 is 0 Å². The quantitative estimate of drug-likeness (QED) is 0.925. The van der Waals surface area contributed by atoms with E-state index in [1.807, 2.05) is 0 Å². The summed E-state index contributed by atoms with van der Waals surface area (Å²) in [5.41, 5.74) is 2.57. The Kier molecular flexibility index (Phi) is 5.14. The zero-order valence-corrected chi connectivity index (χ0v) is 13.7. The van der Waals surface area contributed by atoms with Crippen molar-refractivity contribution < 1.29 is 4.79 Å². The lowest BCUT2D eigenvalue weighted by Gasteiger charge is -2.44. The molecule has 2 fully saturated rings. The van der Waals surface area contributed by atoms with Crippen molar-refractivity contribution in [1.82, 2.24) is 10.2 Å². The van der Waals surface area contributed by atoms with E-state index < -0.39 is 0 Å². The van der Waals surface area contributed by atoms with Gasteiger partial charge in [-0.15, -0.1) is 0 Å². The van der Waals surface area contributed by atoms with Gasteiger partial charge in [0.05, 0.1) is 6.54 Å². The molecule has 2 atom stereocenters. The summed E-state index contributed by atoms with van der Waals surface area (Å²) in [4.78, 5) is 14.8. The second-order valence-electron chi connectivity index (χ2n) is 6.87. The number of hydrogen-bond acceptors (Lipinski definition) is 2. The molecule has 1 saturated heterocycles. The number of hydrogen-bond donors (Lipinski definition) is 1. The van der Waals surface area contributed by atoms with Crippen LogP contribution in [0, 0.1) is 12.8 Å². The third kappa shape index (κ3) is 3.52. The number of aryl methyl sites for hydroxylation is 1. The van der Waals surface area contributed by atoms with Gasteiger partial charge in [-0.2, -0.15) is 0 Å². The van der Waals surface area contributed by atoms with Gasteiger partial charge in [0.15, 0.2) is 0 Å². The van der Waals surface area contributed by atoms with Crippen molar-refractivity contribution in [2.75, 3.05) is 13.1 Å². The molecule has 3 heteroatoms. The molecule has 0 radical (unpaired) electrons. The molecular formula is C19H28N2O. The van der Waals surface area contributed by atoms with Crippen molar-refractivity contribution in [3.8, 4) is 0 Å². The lowest BCUT2D eigenvalue weighted by atomic mass is 9.78. The molecular weight excluding hydrogens is 272 g/mol. The van der Waals surface area contributed by atoms with Crippen LogP contribution in [0.4, 0.5) is 0 Å². The smallest absolute Gasteiger partial charge is 0.236 e. The number of benzene rings is 1. The molecule has 1 aromatic carbocycles. The van der Waals surface area contributed by atoms with E-state index in [1.54, 1.807) is 0 Å². The molecule has 2 aliphatic rings. The summed E-state index contributed by atoms with van der Waals surface area (Å²) in [6.45, 7) is 4.33. The predicted octanol–water partition coefficient (Wildman–Crippen LogP) is 3.27. The average Bonchev–Trinajstić information content (AvgIpc) is 2.56. The van der Waals surface area contributed by atoms with Gasteiger partial charge in [-0.1, -0.05) is 37.1 Å². The Balaban J connectivity index is 1.52. The first-order chi connectivity index (χ1) is 10.8. The Morgan fingerprint density at radius 2 is 1.95 bits per heavy atom. The summed E-state index contributed by atoms with van der Waals surface area (Å²) >= 11 is 0. The number of carbonyl (C=O) groups excluding carboxylic acids is 1. The molecule has 0 aromatic heterocycles. The maximum absolute atomic E-state index is 12.6. The van der Waals surface area contributed by atoms with Crippen LogP contribution in [0.3, 0.4) is 0 Å². The highest BCUT2D eigenvalue weighted by atomic mass is 16.2. The van der Waals surface area contributed by atoms with Crippen LogP contribution in [0.1, 0.15) is 49.7 Å². The standard InChI is InChI=1S/C19H28N2O/c1-15-7-2-3-9-17(15)13-20-14-19(22)21-12-6-10-16-8-4-5-11-18(16)21/h2-3,7,9,16,18,20H,4-6,8,10-14H2,1H3. The number of likely N-dealkylation sites (tertiary alicyclic amines) is 1. The number of rotatable bonds is 4. The number of piperidine rings is 1. The van der Waals surface area contributed by atoms with Crippen molar-refractivity contribution in [2.24, 2.45) is 5.92 Å². The molecule has 1 aliphatic heterocycles. The first-order valence-corrected chi connectivity index (χ1v) is 8.80. The monoisotopic (exact) mass is 300 g/mol. The van der Waals surface area contributed by atoms with E-state index in [1.165, 1.54) is 49.7 Å². The van der Waals surface area contributed by atoms with Crippen LogP contribution in [-0.2, 0) is 11.3 Å². The van der Waals surface area contributed by atoms with Gasteiger partial charge in [0.1, 0.15) is 0 Å². The number of nitrogens with zero attached hydrogens (tertiary/aromatic N) is 1. The van der Waals surface area contributed by atoms with Crippen molar-refractivity contribution >= 4 is 5.91 Å². The molecule has 1 aliphatic carbocycles. The van der Waals surface area contributed by atoms with Gasteiger partial charge in [0.25, 0.3) is 0 Å². The molecule has 3 nitrogen and oxygen atoms in total. The lowest BCUT2D eigenvalue weighted by Crippen LogP contribution is -2.51. The van der Waals surface area contributed by atoms with Crippen LogP contribution in [-0.4, -0.2) is 29.9 Å². The van der Waals surface area contributed by atoms with Crippen LogP contribution in [0.15, 0.2) is 24.3 Å². The molecule has 22 heavy (non-hydrogen) atoms. The van der Waals surface area contributed by atoms with Gasteiger partial charge in [0.2, 0.25) is 5.91 Å². The average molecular weight is 300 g/mol. The highest BCUT2D eigenvalue weighted by Crippen LogP contribution is 2.35.